The van der Waals surface area contributed by atoms with Gasteiger partial charge in [0.25, 0.3) is 5.91 Å². The van der Waals surface area contributed by atoms with E-state index < -0.39 is 0 Å². The zero-order chi connectivity index (χ0) is 13.1. The van der Waals surface area contributed by atoms with Crippen molar-refractivity contribution in [1.82, 2.24) is 10.2 Å². The zero-order valence-electron chi connectivity index (χ0n) is 11.6. The summed E-state index contributed by atoms with van der Waals surface area (Å²) in [5, 5.41) is 3.28. The van der Waals surface area contributed by atoms with Gasteiger partial charge in [-0.15, -0.1) is 12.4 Å². The summed E-state index contributed by atoms with van der Waals surface area (Å²) in [6.45, 7) is 6.51. The number of rotatable bonds is 2. The lowest BCUT2D eigenvalue weighted by molar-refractivity contribution is 0.0655. The van der Waals surface area contributed by atoms with Crippen LogP contribution in [-0.4, -0.2) is 43.6 Å². The number of nitrogens with zero attached hydrogens (tertiary/aromatic N) is 1. The number of halogens is 1. The maximum Gasteiger partial charge on any atom is 0.254 e. The minimum Gasteiger partial charge on any atom is -0.496 e. The summed E-state index contributed by atoms with van der Waals surface area (Å²) >= 11 is 0. The molecule has 1 amide bonds. The van der Waals surface area contributed by atoms with Crippen LogP contribution in [0.4, 0.5) is 0 Å². The Kier molecular flexibility index (Phi) is 5.63. The minimum atomic E-state index is 0. The van der Waals surface area contributed by atoms with Crippen molar-refractivity contribution in [3.05, 3.63) is 29.3 Å². The highest BCUT2D eigenvalue weighted by molar-refractivity contribution is 5.95. The predicted octanol–water partition coefficient (Wildman–Crippen LogP) is 1.86. The predicted molar refractivity (Wildman–Crippen MR) is 78.3 cm³/mol. The fourth-order valence-corrected chi connectivity index (χ4v) is 2.26. The van der Waals surface area contributed by atoms with Crippen LogP contribution in [0.5, 0.6) is 5.75 Å². The highest BCUT2D eigenvalue weighted by atomic mass is 35.5. The first kappa shape index (κ1) is 15.8. The Balaban J connectivity index is 0.00000180. The van der Waals surface area contributed by atoms with E-state index in [1.165, 1.54) is 0 Å². The molecule has 0 radical (unpaired) electrons. The molecule has 19 heavy (non-hydrogen) atoms. The average molecular weight is 285 g/mol. The molecule has 0 aromatic heterocycles. The number of amides is 1. The molecule has 1 atom stereocenters. The number of hydrogen-bond acceptors (Lipinski definition) is 3. The monoisotopic (exact) mass is 284 g/mol. The summed E-state index contributed by atoms with van der Waals surface area (Å²) in [6.07, 6.45) is 0. The molecule has 5 heteroatoms. The van der Waals surface area contributed by atoms with Crippen LogP contribution in [0.25, 0.3) is 0 Å². The van der Waals surface area contributed by atoms with Gasteiger partial charge >= 0.3 is 0 Å². The number of carbonyl (C=O) groups is 1. The van der Waals surface area contributed by atoms with Crippen molar-refractivity contribution in [2.75, 3.05) is 26.7 Å². The quantitative estimate of drug-likeness (QED) is 0.901. The molecule has 1 fully saturated rings. The van der Waals surface area contributed by atoms with Gasteiger partial charge < -0.3 is 15.0 Å². The van der Waals surface area contributed by atoms with E-state index in [1.54, 1.807) is 7.11 Å². The maximum absolute atomic E-state index is 12.4. The van der Waals surface area contributed by atoms with Gasteiger partial charge in [0.05, 0.1) is 7.11 Å². The summed E-state index contributed by atoms with van der Waals surface area (Å²) in [5.41, 5.74) is 1.74. The number of nitrogens with one attached hydrogen (secondary N) is 1. The van der Waals surface area contributed by atoms with E-state index in [1.807, 2.05) is 30.0 Å². The molecular formula is C14H21ClN2O2. The smallest absolute Gasteiger partial charge is 0.254 e. The third-order valence-electron chi connectivity index (χ3n) is 3.42. The molecule has 1 N–H and O–H groups in total. The van der Waals surface area contributed by atoms with E-state index in [2.05, 4.69) is 12.2 Å². The normalized spacial score (nSPS) is 18.7. The molecule has 1 aliphatic rings. The summed E-state index contributed by atoms with van der Waals surface area (Å²) < 4.78 is 5.27. The van der Waals surface area contributed by atoms with Crippen LogP contribution in [-0.2, 0) is 0 Å². The van der Waals surface area contributed by atoms with E-state index in [0.29, 0.717) is 5.56 Å². The molecule has 1 heterocycles. The molecule has 1 aromatic carbocycles. The average Bonchev–Trinajstić information content (AvgIpc) is 2.39. The highest BCUT2D eigenvalue weighted by Gasteiger charge is 2.24. The number of ether oxygens (including phenoxy) is 1. The molecule has 0 aliphatic carbocycles. The van der Waals surface area contributed by atoms with Crippen molar-refractivity contribution in [3.8, 4) is 5.75 Å². The molecule has 1 aromatic rings. The van der Waals surface area contributed by atoms with E-state index >= 15 is 0 Å². The molecule has 0 spiro atoms. The maximum atomic E-state index is 12.4. The Morgan fingerprint density at radius 2 is 2.21 bits per heavy atom. The lowest BCUT2D eigenvalue weighted by Gasteiger charge is -2.34. The Morgan fingerprint density at radius 3 is 2.84 bits per heavy atom. The van der Waals surface area contributed by atoms with Gasteiger partial charge in [0, 0.05) is 31.2 Å². The molecule has 2 rings (SSSR count). The van der Waals surface area contributed by atoms with Crippen molar-refractivity contribution < 1.29 is 9.53 Å². The first-order valence-electron chi connectivity index (χ1n) is 6.30. The van der Waals surface area contributed by atoms with Gasteiger partial charge in [-0.3, -0.25) is 4.79 Å². The van der Waals surface area contributed by atoms with Crippen molar-refractivity contribution in [2.24, 2.45) is 0 Å². The third-order valence-corrected chi connectivity index (χ3v) is 3.42. The molecule has 1 saturated heterocycles. The van der Waals surface area contributed by atoms with E-state index in [0.717, 1.165) is 30.9 Å². The van der Waals surface area contributed by atoms with Gasteiger partial charge in [-0.1, -0.05) is 6.07 Å². The Bertz CT molecular complexity index is 451. The topological polar surface area (TPSA) is 41.6 Å². The van der Waals surface area contributed by atoms with Crippen LogP contribution in [0, 0.1) is 6.92 Å². The van der Waals surface area contributed by atoms with Crippen LogP contribution >= 0.6 is 12.4 Å². The third kappa shape index (κ3) is 3.39. The van der Waals surface area contributed by atoms with Crippen LogP contribution in [0.1, 0.15) is 22.8 Å². The van der Waals surface area contributed by atoms with Gasteiger partial charge in [0.1, 0.15) is 5.75 Å². The van der Waals surface area contributed by atoms with E-state index in [9.17, 15) is 4.79 Å². The molecule has 1 aliphatic heterocycles. The van der Waals surface area contributed by atoms with Crippen molar-refractivity contribution >= 4 is 18.3 Å². The number of benzene rings is 1. The SMILES string of the molecule is COc1cc(C(=O)N2CCNC[C@@H]2C)ccc1C.Cl. The molecule has 4 nitrogen and oxygen atoms in total. The molecular weight excluding hydrogens is 264 g/mol. The van der Waals surface area contributed by atoms with Gasteiger partial charge in [0.2, 0.25) is 0 Å². The minimum absolute atomic E-state index is 0. The largest absolute Gasteiger partial charge is 0.496 e. The number of hydrogen-bond donors (Lipinski definition) is 1. The summed E-state index contributed by atoms with van der Waals surface area (Å²) in [7, 11) is 1.63. The van der Waals surface area contributed by atoms with Crippen LogP contribution in [0.2, 0.25) is 0 Å². The zero-order valence-corrected chi connectivity index (χ0v) is 12.4. The van der Waals surface area contributed by atoms with Gasteiger partial charge in [-0.25, -0.2) is 0 Å². The number of piperazine rings is 1. The van der Waals surface area contributed by atoms with Crippen molar-refractivity contribution in [2.45, 2.75) is 19.9 Å². The van der Waals surface area contributed by atoms with Gasteiger partial charge in [0.15, 0.2) is 0 Å². The fraction of sp³-hybridized carbons (Fsp3) is 0.500. The summed E-state index contributed by atoms with van der Waals surface area (Å²) in [6, 6.07) is 5.86. The van der Waals surface area contributed by atoms with E-state index in [4.69, 9.17) is 4.74 Å². The number of aryl methyl sites for hydroxylation is 1. The summed E-state index contributed by atoms with van der Waals surface area (Å²) in [5.74, 6) is 0.853. The first-order chi connectivity index (χ1) is 8.63. The highest BCUT2D eigenvalue weighted by Crippen LogP contribution is 2.20. The van der Waals surface area contributed by atoms with E-state index in [-0.39, 0.29) is 24.4 Å². The second-order valence-electron chi connectivity index (χ2n) is 4.74. The molecule has 0 saturated carbocycles. The number of carbonyl (C=O) groups excluding carboxylic acids is 1. The first-order valence-corrected chi connectivity index (χ1v) is 6.30. The van der Waals surface area contributed by atoms with Crippen molar-refractivity contribution in [3.63, 3.8) is 0 Å². The van der Waals surface area contributed by atoms with Gasteiger partial charge in [-0.2, -0.15) is 0 Å². The van der Waals surface area contributed by atoms with Gasteiger partial charge in [-0.05, 0) is 31.5 Å². The van der Waals surface area contributed by atoms with Crippen LogP contribution in [0.3, 0.4) is 0 Å². The standard InChI is InChI=1S/C14H20N2O2.ClH/c1-10-4-5-12(8-13(10)18-3)14(17)16-7-6-15-9-11(16)2;/h4-5,8,11,15H,6-7,9H2,1-3H3;1H/t11-;/m0./s1. The molecule has 106 valence electrons. The molecule has 0 bridgehead atoms. The Hall–Kier alpha value is -1.26. The van der Waals surface area contributed by atoms with Crippen LogP contribution < -0.4 is 10.1 Å². The second kappa shape index (κ2) is 6.78. The Labute approximate surface area is 120 Å². The summed E-state index contributed by atoms with van der Waals surface area (Å²) in [4.78, 5) is 14.3. The lowest BCUT2D eigenvalue weighted by Crippen LogP contribution is -2.52. The Morgan fingerprint density at radius 1 is 1.47 bits per heavy atom. The lowest BCUT2D eigenvalue weighted by atomic mass is 10.1. The van der Waals surface area contributed by atoms with Crippen molar-refractivity contribution in [1.29, 1.82) is 0 Å². The molecule has 0 unspecified atom stereocenters. The number of methoxy groups -OCH3 is 1. The van der Waals surface area contributed by atoms with Crippen LogP contribution in [0.15, 0.2) is 18.2 Å². The fourth-order valence-electron chi connectivity index (χ4n) is 2.26. The second-order valence-corrected chi connectivity index (χ2v) is 4.74.